The minimum atomic E-state index is -2.12. The van der Waals surface area contributed by atoms with Gasteiger partial charge in [0.15, 0.2) is 0 Å². The van der Waals surface area contributed by atoms with Gasteiger partial charge in [0.25, 0.3) is 0 Å². The maximum atomic E-state index is 6.37. The molecule has 0 spiro atoms. The monoisotopic (exact) mass is 442 g/mol. The summed E-state index contributed by atoms with van der Waals surface area (Å²) in [6, 6.07) is 0. The van der Waals surface area contributed by atoms with Crippen LogP contribution in [-0.4, -0.2) is 30.3 Å². The lowest BCUT2D eigenvalue weighted by Crippen LogP contribution is -2.48. The zero-order valence-electron chi connectivity index (χ0n) is 20.4. The van der Waals surface area contributed by atoms with E-state index in [0.29, 0.717) is 0 Å². The average Bonchev–Trinajstić information content (AvgIpc) is 2.64. The molecule has 5 heteroatoms. The summed E-state index contributed by atoms with van der Waals surface area (Å²) in [6.45, 7) is 14.6. The second kappa shape index (κ2) is 18.6. The molecule has 0 saturated heterocycles. The number of hydrogen-bond donors (Lipinski definition) is 0. The standard InChI is InChI=1S/C24H50O3Si2/c1-7-9-11-13-15-17-19-21-23-25-28(3,4)27-29(5,6)26-24-22-20-18-16-14-12-10-8-2/h15-18H,7-14,19-24H2,1-6H3/b17-15+,18-16+. The van der Waals surface area contributed by atoms with Gasteiger partial charge in [0, 0.05) is 13.2 Å². The van der Waals surface area contributed by atoms with E-state index in [1.54, 1.807) is 0 Å². The molecule has 172 valence electrons. The summed E-state index contributed by atoms with van der Waals surface area (Å²) in [5, 5.41) is 0. The first-order chi connectivity index (χ1) is 13.8. The molecule has 0 rings (SSSR count). The minimum Gasteiger partial charge on any atom is -0.415 e. The first-order valence-corrected chi connectivity index (χ1v) is 17.7. The Morgan fingerprint density at radius 1 is 0.517 bits per heavy atom. The van der Waals surface area contributed by atoms with E-state index in [2.05, 4.69) is 64.3 Å². The molecule has 29 heavy (non-hydrogen) atoms. The maximum Gasteiger partial charge on any atom is 0.322 e. The van der Waals surface area contributed by atoms with Crippen LogP contribution in [0, 0.1) is 0 Å². The van der Waals surface area contributed by atoms with Gasteiger partial charge in [-0.05, 0) is 77.6 Å². The van der Waals surface area contributed by atoms with Crippen molar-refractivity contribution in [2.45, 2.75) is 117 Å². The zero-order chi connectivity index (χ0) is 21.8. The van der Waals surface area contributed by atoms with Crippen LogP contribution in [0.1, 0.15) is 90.9 Å². The van der Waals surface area contributed by atoms with Crippen molar-refractivity contribution in [1.29, 1.82) is 0 Å². The molecule has 0 unspecified atom stereocenters. The molecule has 0 heterocycles. The lowest BCUT2D eigenvalue weighted by Gasteiger charge is -2.32. The van der Waals surface area contributed by atoms with Crippen LogP contribution in [0.4, 0.5) is 0 Å². The van der Waals surface area contributed by atoms with E-state index in [-0.39, 0.29) is 0 Å². The highest BCUT2D eigenvalue weighted by Gasteiger charge is 2.36. The number of allylic oxidation sites excluding steroid dienone is 4. The number of rotatable bonds is 20. The zero-order valence-corrected chi connectivity index (χ0v) is 22.4. The van der Waals surface area contributed by atoms with E-state index < -0.39 is 17.1 Å². The van der Waals surface area contributed by atoms with Crippen molar-refractivity contribution in [3.63, 3.8) is 0 Å². The molecule has 3 nitrogen and oxygen atoms in total. The van der Waals surface area contributed by atoms with Gasteiger partial charge in [0.05, 0.1) is 0 Å². The fourth-order valence-electron chi connectivity index (χ4n) is 3.18. The van der Waals surface area contributed by atoms with E-state index in [1.165, 1.54) is 51.4 Å². The molecule has 0 saturated carbocycles. The third kappa shape index (κ3) is 20.8. The molecule has 0 aliphatic heterocycles. The predicted molar refractivity (Wildman–Crippen MR) is 133 cm³/mol. The summed E-state index contributed by atoms with van der Waals surface area (Å²) in [6.07, 6.45) is 23.9. The quantitative estimate of drug-likeness (QED) is 0.108. The second-order valence-corrected chi connectivity index (χ2v) is 15.8. The molecule has 0 fully saturated rings. The van der Waals surface area contributed by atoms with Crippen LogP contribution in [0.15, 0.2) is 24.3 Å². The Hall–Kier alpha value is -0.206. The molecule has 0 radical (unpaired) electrons. The Kier molecular flexibility index (Phi) is 18.4. The Morgan fingerprint density at radius 3 is 1.21 bits per heavy atom. The van der Waals surface area contributed by atoms with Crippen LogP contribution < -0.4 is 0 Å². The van der Waals surface area contributed by atoms with Gasteiger partial charge < -0.3 is 13.0 Å². The van der Waals surface area contributed by atoms with Crippen molar-refractivity contribution in [3.05, 3.63) is 24.3 Å². The van der Waals surface area contributed by atoms with E-state index in [0.717, 1.165) is 38.9 Å². The van der Waals surface area contributed by atoms with E-state index in [1.807, 2.05) is 0 Å². The van der Waals surface area contributed by atoms with Crippen molar-refractivity contribution in [2.24, 2.45) is 0 Å². The van der Waals surface area contributed by atoms with Crippen molar-refractivity contribution in [3.8, 4) is 0 Å². The van der Waals surface area contributed by atoms with Crippen LogP contribution in [0.25, 0.3) is 0 Å². The lowest BCUT2D eigenvalue weighted by atomic mass is 10.2. The summed E-state index contributed by atoms with van der Waals surface area (Å²) >= 11 is 0. The van der Waals surface area contributed by atoms with Crippen LogP contribution in [0.3, 0.4) is 0 Å². The molecular weight excluding hydrogens is 392 g/mol. The van der Waals surface area contributed by atoms with Gasteiger partial charge in [-0.2, -0.15) is 0 Å². The summed E-state index contributed by atoms with van der Waals surface area (Å²) in [5.41, 5.74) is 0. The van der Waals surface area contributed by atoms with Gasteiger partial charge in [-0.1, -0.05) is 63.8 Å². The molecule has 0 amide bonds. The highest BCUT2D eigenvalue weighted by atomic mass is 28.5. The summed E-state index contributed by atoms with van der Waals surface area (Å²) < 4.78 is 18.6. The predicted octanol–water partition coefficient (Wildman–Crippen LogP) is 8.27. The molecule has 0 aromatic rings. The second-order valence-electron chi connectivity index (χ2n) is 8.82. The molecule has 0 aliphatic carbocycles. The van der Waals surface area contributed by atoms with Gasteiger partial charge in [-0.25, -0.2) is 0 Å². The van der Waals surface area contributed by atoms with Crippen LogP contribution in [-0.2, 0) is 13.0 Å². The van der Waals surface area contributed by atoms with Gasteiger partial charge in [0.2, 0.25) is 0 Å². The Balaban J connectivity index is 3.84. The molecular formula is C24H50O3Si2. The van der Waals surface area contributed by atoms with Crippen molar-refractivity contribution >= 4 is 17.1 Å². The Labute approximate surface area is 184 Å². The first-order valence-electron chi connectivity index (χ1n) is 12.1. The third-order valence-corrected chi connectivity index (χ3v) is 10.4. The highest BCUT2D eigenvalue weighted by Crippen LogP contribution is 2.18. The largest absolute Gasteiger partial charge is 0.415 e. The average molecular weight is 443 g/mol. The molecule has 0 atom stereocenters. The molecule has 0 aromatic carbocycles. The van der Waals surface area contributed by atoms with E-state index in [4.69, 9.17) is 13.0 Å². The van der Waals surface area contributed by atoms with Crippen LogP contribution in [0.5, 0.6) is 0 Å². The lowest BCUT2D eigenvalue weighted by molar-refractivity contribution is 0.193. The number of unbranched alkanes of at least 4 members (excludes halogenated alkanes) is 8. The Morgan fingerprint density at radius 2 is 0.862 bits per heavy atom. The summed E-state index contributed by atoms with van der Waals surface area (Å²) in [7, 11) is -4.24. The topological polar surface area (TPSA) is 27.7 Å². The fraction of sp³-hybridized carbons (Fsp3) is 0.833. The summed E-state index contributed by atoms with van der Waals surface area (Å²) in [5.74, 6) is 0. The molecule has 0 aromatic heterocycles. The number of hydrogen-bond acceptors (Lipinski definition) is 3. The van der Waals surface area contributed by atoms with Crippen molar-refractivity contribution in [1.82, 2.24) is 0 Å². The molecule has 0 bridgehead atoms. The summed E-state index contributed by atoms with van der Waals surface area (Å²) in [4.78, 5) is 0. The molecule has 0 aliphatic rings. The van der Waals surface area contributed by atoms with Gasteiger partial charge in [-0.3, -0.25) is 0 Å². The molecule has 0 N–H and O–H groups in total. The fourth-order valence-corrected chi connectivity index (χ4v) is 9.66. The van der Waals surface area contributed by atoms with E-state index in [9.17, 15) is 0 Å². The SMILES string of the molecule is CCCCC/C=C/CCCO[Si](C)(C)O[Si](C)(C)OCCC/C=C/CCCCC. The first kappa shape index (κ1) is 28.8. The third-order valence-electron chi connectivity index (χ3n) is 4.70. The maximum absolute atomic E-state index is 6.37. The smallest absolute Gasteiger partial charge is 0.322 e. The highest BCUT2D eigenvalue weighted by molar-refractivity contribution is 6.78. The van der Waals surface area contributed by atoms with E-state index >= 15 is 0 Å². The van der Waals surface area contributed by atoms with Gasteiger partial charge in [-0.15, -0.1) is 0 Å². The van der Waals surface area contributed by atoms with Crippen LogP contribution >= 0.6 is 0 Å². The van der Waals surface area contributed by atoms with Crippen molar-refractivity contribution < 1.29 is 13.0 Å². The van der Waals surface area contributed by atoms with Gasteiger partial charge >= 0.3 is 17.1 Å². The van der Waals surface area contributed by atoms with Crippen LogP contribution in [0.2, 0.25) is 26.2 Å². The van der Waals surface area contributed by atoms with Gasteiger partial charge in [0.1, 0.15) is 0 Å². The minimum absolute atomic E-state index is 0.784. The Bertz CT molecular complexity index is 382. The normalized spacial score (nSPS) is 13.2. The van der Waals surface area contributed by atoms with Crippen molar-refractivity contribution in [2.75, 3.05) is 13.2 Å².